The van der Waals surface area contributed by atoms with Crippen molar-refractivity contribution in [2.24, 2.45) is 5.73 Å². The van der Waals surface area contributed by atoms with Crippen LogP contribution in [0.3, 0.4) is 0 Å². The first kappa shape index (κ1) is 10.6. The molecular formula is C10H15BrN2S. The molecule has 0 radical (unpaired) electrons. The van der Waals surface area contributed by atoms with E-state index in [0.29, 0.717) is 12.5 Å². The lowest BCUT2D eigenvalue weighted by atomic mass is 9.90. The molecule has 1 saturated carbocycles. The van der Waals surface area contributed by atoms with Crippen LogP contribution in [-0.4, -0.2) is 4.98 Å². The summed E-state index contributed by atoms with van der Waals surface area (Å²) in [7, 11) is 0. The molecular weight excluding hydrogens is 260 g/mol. The lowest BCUT2D eigenvalue weighted by molar-refractivity contribution is 0.442. The minimum absolute atomic E-state index is 0.602. The van der Waals surface area contributed by atoms with E-state index in [2.05, 4.69) is 20.9 Å². The first-order valence-electron chi connectivity index (χ1n) is 5.16. The zero-order valence-electron chi connectivity index (χ0n) is 8.13. The standard InChI is InChI=1S/C10H15BrN2S/c11-9-8(6-12)14-10(13-9)7-4-2-1-3-5-7/h7H,1-6,12H2. The third kappa shape index (κ3) is 2.18. The molecule has 78 valence electrons. The molecule has 0 amide bonds. The molecule has 2 nitrogen and oxygen atoms in total. The van der Waals surface area contributed by atoms with Crippen LogP contribution in [0.2, 0.25) is 0 Å². The molecule has 0 aliphatic heterocycles. The summed E-state index contributed by atoms with van der Waals surface area (Å²) in [6, 6.07) is 0. The third-order valence-corrected chi connectivity index (χ3v) is 4.96. The van der Waals surface area contributed by atoms with Crippen LogP contribution in [0.25, 0.3) is 0 Å². The molecule has 0 unspecified atom stereocenters. The molecule has 0 atom stereocenters. The van der Waals surface area contributed by atoms with Gasteiger partial charge in [-0.15, -0.1) is 11.3 Å². The molecule has 2 N–H and O–H groups in total. The molecule has 4 heteroatoms. The molecule has 14 heavy (non-hydrogen) atoms. The van der Waals surface area contributed by atoms with Crippen LogP contribution < -0.4 is 5.73 Å². The van der Waals surface area contributed by atoms with Crippen molar-refractivity contribution < 1.29 is 0 Å². The smallest absolute Gasteiger partial charge is 0.121 e. The van der Waals surface area contributed by atoms with Crippen LogP contribution in [0.1, 0.15) is 47.9 Å². The fourth-order valence-corrected chi connectivity index (χ4v) is 3.72. The highest BCUT2D eigenvalue weighted by Gasteiger charge is 2.20. The van der Waals surface area contributed by atoms with Crippen molar-refractivity contribution in [1.82, 2.24) is 4.98 Å². The highest BCUT2D eigenvalue weighted by Crippen LogP contribution is 2.36. The van der Waals surface area contributed by atoms with Gasteiger partial charge in [-0.3, -0.25) is 0 Å². The number of hydrogen-bond donors (Lipinski definition) is 1. The Labute approximate surface area is 97.0 Å². The molecule has 1 fully saturated rings. The predicted octanol–water partition coefficient (Wildman–Crippen LogP) is 3.41. The molecule has 1 aliphatic rings. The number of thiazole rings is 1. The second kappa shape index (κ2) is 4.73. The van der Waals surface area contributed by atoms with E-state index in [4.69, 9.17) is 5.73 Å². The number of halogens is 1. The van der Waals surface area contributed by atoms with Crippen molar-refractivity contribution in [2.75, 3.05) is 0 Å². The number of nitrogens with two attached hydrogens (primary N) is 1. The maximum Gasteiger partial charge on any atom is 0.121 e. The van der Waals surface area contributed by atoms with E-state index < -0.39 is 0 Å². The number of rotatable bonds is 2. The summed E-state index contributed by atoms with van der Waals surface area (Å²) in [5.74, 6) is 0.699. The summed E-state index contributed by atoms with van der Waals surface area (Å²) in [5, 5.41) is 1.29. The Morgan fingerprint density at radius 3 is 2.64 bits per heavy atom. The number of nitrogens with zero attached hydrogens (tertiary/aromatic N) is 1. The molecule has 0 spiro atoms. The van der Waals surface area contributed by atoms with Crippen molar-refractivity contribution in [3.05, 3.63) is 14.5 Å². The van der Waals surface area contributed by atoms with Gasteiger partial charge in [-0.05, 0) is 28.8 Å². The highest BCUT2D eigenvalue weighted by molar-refractivity contribution is 9.10. The summed E-state index contributed by atoms with van der Waals surface area (Å²) >= 11 is 5.25. The monoisotopic (exact) mass is 274 g/mol. The average molecular weight is 275 g/mol. The van der Waals surface area contributed by atoms with E-state index in [1.165, 1.54) is 42.0 Å². The zero-order valence-corrected chi connectivity index (χ0v) is 10.5. The van der Waals surface area contributed by atoms with Crippen LogP contribution in [0.4, 0.5) is 0 Å². The van der Waals surface area contributed by atoms with Crippen LogP contribution in [0.5, 0.6) is 0 Å². The summed E-state index contributed by atoms with van der Waals surface area (Å²) in [6.45, 7) is 0.602. The summed E-state index contributed by atoms with van der Waals surface area (Å²) in [6.07, 6.45) is 6.74. The Balaban J connectivity index is 2.14. The minimum Gasteiger partial charge on any atom is -0.326 e. The van der Waals surface area contributed by atoms with Gasteiger partial charge in [0.25, 0.3) is 0 Å². The normalized spacial score (nSPS) is 18.7. The fourth-order valence-electron chi connectivity index (χ4n) is 2.00. The fraction of sp³-hybridized carbons (Fsp3) is 0.700. The van der Waals surface area contributed by atoms with Crippen LogP contribution in [0, 0.1) is 0 Å². The van der Waals surface area contributed by atoms with Crippen molar-refractivity contribution in [3.8, 4) is 0 Å². The van der Waals surface area contributed by atoms with Crippen LogP contribution in [-0.2, 0) is 6.54 Å². The first-order valence-corrected chi connectivity index (χ1v) is 6.77. The van der Waals surface area contributed by atoms with Gasteiger partial charge in [-0.1, -0.05) is 19.3 Å². The van der Waals surface area contributed by atoms with Gasteiger partial charge in [-0.25, -0.2) is 4.98 Å². The minimum atomic E-state index is 0.602. The average Bonchev–Trinajstić information content (AvgIpc) is 2.61. The Hall–Kier alpha value is 0.0700. The molecule has 1 aromatic heterocycles. The quantitative estimate of drug-likeness (QED) is 0.898. The Bertz CT molecular complexity index is 305. The largest absolute Gasteiger partial charge is 0.326 e. The maximum absolute atomic E-state index is 5.63. The summed E-state index contributed by atoms with van der Waals surface area (Å²) in [4.78, 5) is 5.75. The van der Waals surface area contributed by atoms with Gasteiger partial charge in [0, 0.05) is 12.5 Å². The second-order valence-corrected chi connectivity index (χ2v) is 5.67. The van der Waals surface area contributed by atoms with E-state index in [1.807, 2.05) is 0 Å². The lowest BCUT2D eigenvalue weighted by Gasteiger charge is -2.18. The van der Waals surface area contributed by atoms with Crippen molar-refractivity contribution in [3.63, 3.8) is 0 Å². The maximum atomic E-state index is 5.63. The van der Waals surface area contributed by atoms with Gasteiger partial charge in [0.2, 0.25) is 0 Å². The molecule has 1 aromatic rings. The predicted molar refractivity (Wildman–Crippen MR) is 63.5 cm³/mol. The Morgan fingerprint density at radius 2 is 2.07 bits per heavy atom. The van der Waals surface area contributed by atoms with Gasteiger partial charge in [0.05, 0.1) is 9.88 Å². The van der Waals surface area contributed by atoms with Gasteiger partial charge < -0.3 is 5.73 Å². The number of aromatic nitrogens is 1. The first-order chi connectivity index (χ1) is 6.81. The molecule has 0 bridgehead atoms. The van der Waals surface area contributed by atoms with E-state index >= 15 is 0 Å². The zero-order chi connectivity index (χ0) is 9.97. The molecule has 0 aromatic carbocycles. The van der Waals surface area contributed by atoms with Gasteiger partial charge in [-0.2, -0.15) is 0 Å². The van der Waals surface area contributed by atoms with Crippen molar-refractivity contribution >= 4 is 27.3 Å². The van der Waals surface area contributed by atoms with Gasteiger partial charge in [0.1, 0.15) is 4.60 Å². The molecule has 1 heterocycles. The lowest BCUT2D eigenvalue weighted by Crippen LogP contribution is -2.03. The van der Waals surface area contributed by atoms with E-state index in [-0.39, 0.29) is 0 Å². The topological polar surface area (TPSA) is 38.9 Å². The Morgan fingerprint density at radius 1 is 1.36 bits per heavy atom. The van der Waals surface area contributed by atoms with Gasteiger partial charge >= 0.3 is 0 Å². The van der Waals surface area contributed by atoms with E-state index in [9.17, 15) is 0 Å². The highest BCUT2D eigenvalue weighted by atomic mass is 79.9. The molecule has 0 saturated heterocycles. The Kier molecular flexibility index (Phi) is 3.57. The molecule has 2 rings (SSSR count). The van der Waals surface area contributed by atoms with E-state index in [0.717, 1.165) is 4.60 Å². The molecule has 1 aliphatic carbocycles. The van der Waals surface area contributed by atoms with E-state index in [1.54, 1.807) is 11.3 Å². The van der Waals surface area contributed by atoms with Crippen LogP contribution in [0.15, 0.2) is 4.60 Å². The van der Waals surface area contributed by atoms with Crippen molar-refractivity contribution in [1.29, 1.82) is 0 Å². The van der Waals surface area contributed by atoms with Gasteiger partial charge in [0.15, 0.2) is 0 Å². The SMILES string of the molecule is NCc1sc(C2CCCCC2)nc1Br. The van der Waals surface area contributed by atoms with Crippen LogP contribution >= 0.6 is 27.3 Å². The second-order valence-electron chi connectivity index (χ2n) is 3.81. The summed E-state index contributed by atoms with van der Waals surface area (Å²) in [5.41, 5.74) is 5.63. The number of hydrogen-bond acceptors (Lipinski definition) is 3. The third-order valence-electron chi connectivity index (χ3n) is 2.81. The van der Waals surface area contributed by atoms with Crippen molar-refractivity contribution in [2.45, 2.75) is 44.6 Å². The summed E-state index contributed by atoms with van der Waals surface area (Å²) < 4.78 is 0.963.